The summed E-state index contributed by atoms with van der Waals surface area (Å²) in [4.78, 5) is 0. The highest BCUT2D eigenvalue weighted by Crippen LogP contribution is 2.50. The highest BCUT2D eigenvalue weighted by molar-refractivity contribution is 6.33. The molecule has 0 spiro atoms. The summed E-state index contributed by atoms with van der Waals surface area (Å²) in [6.07, 6.45) is 3.40. The summed E-state index contributed by atoms with van der Waals surface area (Å²) in [6, 6.07) is 5.38. The zero-order chi connectivity index (χ0) is 14.9. The van der Waals surface area contributed by atoms with Crippen molar-refractivity contribution in [2.24, 2.45) is 5.41 Å². The van der Waals surface area contributed by atoms with Gasteiger partial charge in [-0.05, 0) is 53.3 Å². The average molecular weight is 308 g/mol. The molecule has 1 aromatic heterocycles. The average Bonchev–Trinajstić information content (AvgIpc) is 3.07. The van der Waals surface area contributed by atoms with E-state index < -0.39 is 0 Å². The van der Waals surface area contributed by atoms with Gasteiger partial charge in [-0.25, -0.2) is 4.68 Å². The third-order valence-electron chi connectivity index (χ3n) is 4.04. The first-order chi connectivity index (χ1) is 10.1. The number of tetrazole rings is 1. The van der Waals surface area contributed by atoms with Gasteiger partial charge < -0.3 is 10.5 Å². The van der Waals surface area contributed by atoms with Crippen molar-refractivity contribution in [3.63, 3.8) is 0 Å². The van der Waals surface area contributed by atoms with E-state index in [1.165, 1.54) is 12.8 Å². The Kier molecular flexibility index (Phi) is 3.82. The number of methoxy groups -OCH3 is 1. The largest absolute Gasteiger partial charge is 0.399 e. The second-order valence-electron chi connectivity index (χ2n) is 5.64. The van der Waals surface area contributed by atoms with Gasteiger partial charge in [-0.1, -0.05) is 11.6 Å². The van der Waals surface area contributed by atoms with Gasteiger partial charge in [-0.2, -0.15) is 0 Å². The number of halogens is 1. The van der Waals surface area contributed by atoms with E-state index >= 15 is 0 Å². The number of rotatable bonds is 6. The predicted octanol–water partition coefficient (Wildman–Crippen LogP) is 2.39. The van der Waals surface area contributed by atoms with Gasteiger partial charge in [0, 0.05) is 25.0 Å². The van der Waals surface area contributed by atoms with Crippen LogP contribution in [0.3, 0.4) is 0 Å². The summed E-state index contributed by atoms with van der Waals surface area (Å²) in [5, 5.41) is 12.6. The van der Waals surface area contributed by atoms with Crippen LogP contribution in [0.2, 0.25) is 5.02 Å². The van der Waals surface area contributed by atoms with Crippen molar-refractivity contribution in [1.82, 2.24) is 20.2 Å². The highest BCUT2D eigenvalue weighted by atomic mass is 35.5. The van der Waals surface area contributed by atoms with Gasteiger partial charge >= 0.3 is 0 Å². The zero-order valence-electron chi connectivity index (χ0n) is 11.9. The van der Waals surface area contributed by atoms with Crippen molar-refractivity contribution in [2.75, 3.05) is 19.5 Å². The number of nitrogens with two attached hydrogens (primary N) is 1. The molecule has 0 aliphatic heterocycles. The Balaban J connectivity index is 1.84. The number of anilines is 1. The second-order valence-corrected chi connectivity index (χ2v) is 6.05. The summed E-state index contributed by atoms with van der Waals surface area (Å²) < 4.78 is 7.02. The standard InChI is InChI=1S/C14H18ClN5O/c1-21-7-6-14(4-5-14)9-20-13(17-18-19-20)11-3-2-10(16)8-12(11)15/h2-3,8H,4-7,9,16H2,1H3. The van der Waals surface area contributed by atoms with Gasteiger partial charge in [0.05, 0.1) is 11.6 Å². The number of hydrogen-bond donors (Lipinski definition) is 1. The van der Waals surface area contributed by atoms with Crippen LogP contribution in [-0.4, -0.2) is 33.9 Å². The number of nitrogen functional groups attached to an aromatic ring is 1. The first kappa shape index (κ1) is 14.3. The third kappa shape index (κ3) is 3.01. The Morgan fingerprint density at radius 1 is 1.43 bits per heavy atom. The molecule has 0 saturated heterocycles. The summed E-state index contributed by atoms with van der Waals surface area (Å²) in [5.74, 6) is 0.684. The Bertz CT molecular complexity index is 638. The fourth-order valence-corrected chi connectivity index (χ4v) is 2.79. The molecular formula is C14H18ClN5O. The summed E-state index contributed by atoms with van der Waals surface area (Å²) in [7, 11) is 1.73. The van der Waals surface area contributed by atoms with E-state index in [0.29, 0.717) is 16.5 Å². The van der Waals surface area contributed by atoms with Gasteiger partial charge in [0.1, 0.15) is 0 Å². The third-order valence-corrected chi connectivity index (χ3v) is 4.36. The van der Waals surface area contributed by atoms with Crippen LogP contribution in [-0.2, 0) is 11.3 Å². The van der Waals surface area contributed by atoms with Crippen molar-refractivity contribution in [3.8, 4) is 11.4 Å². The van der Waals surface area contributed by atoms with Crippen molar-refractivity contribution < 1.29 is 4.74 Å². The van der Waals surface area contributed by atoms with Gasteiger partial charge in [0.25, 0.3) is 0 Å². The van der Waals surface area contributed by atoms with Crippen LogP contribution in [0, 0.1) is 5.41 Å². The molecule has 0 radical (unpaired) electrons. The number of hydrogen-bond acceptors (Lipinski definition) is 5. The van der Waals surface area contributed by atoms with E-state index in [-0.39, 0.29) is 5.41 Å². The van der Waals surface area contributed by atoms with Gasteiger partial charge in [0.2, 0.25) is 0 Å². The number of benzene rings is 1. The smallest absolute Gasteiger partial charge is 0.183 e. The van der Waals surface area contributed by atoms with Crippen molar-refractivity contribution >= 4 is 17.3 Å². The molecule has 0 amide bonds. The molecule has 1 fully saturated rings. The monoisotopic (exact) mass is 307 g/mol. The summed E-state index contributed by atoms with van der Waals surface area (Å²) in [5.41, 5.74) is 7.42. The van der Waals surface area contributed by atoms with Gasteiger partial charge in [-0.3, -0.25) is 0 Å². The van der Waals surface area contributed by atoms with Gasteiger partial charge in [0.15, 0.2) is 5.82 Å². The van der Waals surface area contributed by atoms with E-state index in [2.05, 4.69) is 15.5 Å². The lowest BCUT2D eigenvalue weighted by Gasteiger charge is -2.15. The lowest BCUT2D eigenvalue weighted by Crippen LogP contribution is -2.16. The lowest BCUT2D eigenvalue weighted by atomic mass is 10.0. The molecule has 1 heterocycles. The van der Waals surface area contributed by atoms with E-state index in [4.69, 9.17) is 22.1 Å². The fraction of sp³-hybridized carbons (Fsp3) is 0.500. The Hall–Kier alpha value is -1.66. The van der Waals surface area contributed by atoms with E-state index in [1.54, 1.807) is 19.2 Å². The minimum Gasteiger partial charge on any atom is -0.399 e. The van der Waals surface area contributed by atoms with E-state index in [9.17, 15) is 0 Å². The van der Waals surface area contributed by atoms with Crippen LogP contribution < -0.4 is 5.73 Å². The van der Waals surface area contributed by atoms with Crippen LogP contribution in [0.25, 0.3) is 11.4 Å². The maximum atomic E-state index is 6.25. The van der Waals surface area contributed by atoms with Crippen LogP contribution in [0.15, 0.2) is 18.2 Å². The van der Waals surface area contributed by atoms with E-state index in [0.717, 1.165) is 25.1 Å². The summed E-state index contributed by atoms with van der Waals surface area (Å²) in [6.45, 7) is 1.56. The predicted molar refractivity (Wildman–Crippen MR) is 80.8 cm³/mol. The van der Waals surface area contributed by atoms with Gasteiger partial charge in [-0.15, -0.1) is 5.10 Å². The molecule has 1 saturated carbocycles. The molecular weight excluding hydrogens is 290 g/mol. The van der Waals surface area contributed by atoms with Crippen molar-refractivity contribution in [1.29, 1.82) is 0 Å². The number of nitrogens with zero attached hydrogens (tertiary/aromatic N) is 4. The topological polar surface area (TPSA) is 78.8 Å². The molecule has 2 aromatic rings. The first-order valence-corrected chi connectivity index (χ1v) is 7.32. The quantitative estimate of drug-likeness (QED) is 0.829. The fourth-order valence-electron chi connectivity index (χ4n) is 2.52. The Morgan fingerprint density at radius 2 is 2.24 bits per heavy atom. The van der Waals surface area contributed by atoms with Crippen LogP contribution in [0.1, 0.15) is 19.3 Å². The molecule has 1 aliphatic carbocycles. The SMILES string of the molecule is COCCC1(Cn2nnnc2-c2ccc(N)cc2Cl)CC1. The minimum atomic E-state index is 0.264. The molecule has 0 unspecified atom stereocenters. The lowest BCUT2D eigenvalue weighted by molar-refractivity contribution is 0.165. The molecule has 0 atom stereocenters. The van der Waals surface area contributed by atoms with Crippen molar-refractivity contribution in [3.05, 3.63) is 23.2 Å². The Labute approximate surface area is 128 Å². The molecule has 21 heavy (non-hydrogen) atoms. The maximum Gasteiger partial charge on any atom is 0.183 e. The molecule has 3 rings (SSSR count). The van der Waals surface area contributed by atoms with E-state index in [1.807, 2.05) is 10.7 Å². The Morgan fingerprint density at radius 3 is 2.90 bits per heavy atom. The molecule has 0 bridgehead atoms. The molecule has 6 nitrogen and oxygen atoms in total. The molecule has 1 aliphatic rings. The highest BCUT2D eigenvalue weighted by Gasteiger charge is 2.43. The first-order valence-electron chi connectivity index (χ1n) is 6.94. The number of ether oxygens (including phenoxy) is 1. The number of aromatic nitrogens is 4. The van der Waals surface area contributed by atoms with Crippen LogP contribution >= 0.6 is 11.6 Å². The normalized spacial score (nSPS) is 16.1. The molecule has 112 valence electrons. The molecule has 1 aromatic carbocycles. The minimum absolute atomic E-state index is 0.264. The summed E-state index contributed by atoms with van der Waals surface area (Å²) >= 11 is 6.25. The van der Waals surface area contributed by atoms with Crippen LogP contribution in [0.5, 0.6) is 0 Å². The van der Waals surface area contributed by atoms with Crippen molar-refractivity contribution in [2.45, 2.75) is 25.8 Å². The zero-order valence-corrected chi connectivity index (χ0v) is 12.7. The van der Waals surface area contributed by atoms with Crippen LogP contribution in [0.4, 0.5) is 5.69 Å². The maximum absolute atomic E-state index is 6.25. The molecule has 2 N–H and O–H groups in total. The molecule has 7 heteroatoms. The second kappa shape index (κ2) is 5.61.